The Balaban J connectivity index is 1.36. The number of aryl methyl sites for hydroxylation is 1. The maximum atomic E-state index is 6.25. The fourth-order valence-electron chi connectivity index (χ4n) is 3.38. The van der Waals surface area contributed by atoms with Crippen molar-refractivity contribution >= 4 is 34.7 Å². The zero-order valence-electron chi connectivity index (χ0n) is 17.1. The standard InChI is InChI=1S/C23H26ClN5O/c1-17-16-25-23(28-22(17)27-21-7-3-2-6-20(21)24)26-18-8-10-19(11-9-18)30-15-14-29-12-4-5-13-29/h2-3,6-11,16H,4-5,12-15H2,1H3,(H2,25,26,27,28). The summed E-state index contributed by atoms with van der Waals surface area (Å²) in [7, 11) is 0. The van der Waals surface area contributed by atoms with Crippen LogP contribution in [-0.2, 0) is 0 Å². The molecule has 1 aliphatic heterocycles. The van der Waals surface area contributed by atoms with Gasteiger partial charge in [-0.1, -0.05) is 23.7 Å². The lowest BCUT2D eigenvalue weighted by Crippen LogP contribution is -2.25. The first-order valence-corrected chi connectivity index (χ1v) is 10.6. The molecule has 0 unspecified atom stereocenters. The second-order valence-electron chi connectivity index (χ2n) is 7.38. The molecule has 1 aromatic heterocycles. The van der Waals surface area contributed by atoms with Crippen molar-refractivity contribution in [3.8, 4) is 5.75 Å². The van der Waals surface area contributed by atoms with Crippen molar-refractivity contribution in [2.45, 2.75) is 19.8 Å². The van der Waals surface area contributed by atoms with Gasteiger partial charge in [-0.2, -0.15) is 4.98 Å². The highest BCUT2D eigenvalue weighted by Crippen LogP contribution is 2.26. The predicted molar refractivity (Wildman–Crippen MR) is 122 cm³/mol. The van der Waals surface area contributed by atoms with E-state index in [1.54, 1.807) is 6.20 Å². The average Bonchev–Trinajstić information content (AvgIpc) is 3.27. The van der Waals surface area contributed by atoms with E-state index in [0.717, 1.165) is 29.2 Å². The highest BCUT2D eigenvalue weighted by atomic mass is 35.5. The summed E-state index contributed by atoms with van der Waals surface area (Å²) in [5.41, 5.74) is 2.64. The number of nitrogens with one attached hydrogen (secondary N) is 2. The van der Waals surface area contributed by atoms with E-state index < -0.39 is 0 Å². The van der Waals surface area contributed by atoms with Gasteiger partial charge in [-0.05, 0) is 69.3 Å². The summed E-state index contributed by atoms with van der Waals surface area (Å²) in [4.78, 5) is 11.4. The minimum Gasteiger partial charge on any atom is -0.492 e. The topological polar surface area (TPSA) is 62.3 Å². The highest BCUT2D eigenvalue weighted by molar-refractivity contribution is 6.33. The molecule has 2 aromatic carbocycles. The highest BCUT2D eigenvalue weighted by Gasteiger charge is 2.11. The van der Waals surface area contributed by atoms with E-state index in [1.807, 2.05) is 55.5 Å². The molecule has 1 saturated heterocycles. The molecule has 7 heteroatoms. The molecular weight excluding hydrogens is 398 g/mol. The van der Waals surface area contributed by atoms with Gasteiger partial charge in [0.05, 0.1) is 10.7 Å². The van der Waals surface area contributed by atoms with Crippen molar-refractivity contribution in [3.63, 3.8) is 0 Å². The van der Waals surface area contributed by atoms with Crippen molar-refractivity contribution in [1.29, 1.82) is 0 Å². The largest absolute Gasteiger partial charge is 0.492 e. The van der Waals surface area contributed by atoms with Crippen LogP contribution in [0, 0.1) is 6.92 Å². The smallest absolute Gasteiger partial charge is 0.229 e. The van der Waals surface area contributed by atoms with E-state index in [-0.39, 0.29) is 0 Å². The molecular formula is C23H26ClN5O. The summed E-state index contributed by atoms with van der Waals surface area (Å²) < 4.78 is 5.86. The van der Waals surface area contributed by atoms with Gasteiger partial charge in [-0.15, -0.1) is 0 Å². The van der Waals surface area contributed by atoms with Crippen molar-refractivity contribution < 1.29 is 4.74 Å². The number of aromatic nitrogens is 2. The molecule has 1 fully saturated rings. The molecule has 1 aliphatic rings. The number of halogens is 1. The number of hydrogen-bond acceptors (Lipinski definition) is 6. The summed E-state index contributed by atoms with van der Waals surface area (Å²) in [5, 5.41) is 7.16. The number of benzene rings is 2. The summed E-state index contributed by atoms with van der Waals surface area (Å²) in [5.74, 6) is 2.09. The molecule has 0 atom stereocenters. The fraction of sp³-hybridized carbons (Fsp3) is 0.304. The van der Waals surface area contributed by atoms with Crippen LogP contribution in [0.25, 0.3) is 0 Å². The van der Waals surface area contributed by atoms with Crippen LogP contribution in [0.15, 0.2) is 54.7 Å². The average molecular weight is 424 g/mol. The van der Waals surface area contributed by atoms with Gasteiger partial charge in [0.2, 0.25) is 5.95 Å². The fourth-order valence-corrected chi connectivity index (χ4v) is 3.56. The third kappa shape index (κ3) is 5.40. The minimum absolute atomic E-state index is 0.512. The van der Waals surface area contributed by atoms with Crippen LogP contribution in [0.4, 0.5) is 23.1 Å². The number of ether oxygens (including phenoxy) is 1. The monoisotopic (exact) mass is 423 g/mol. The van der Waals surface area contributed by atoms with Gasteiger partial charge in [-0.25, -0.2) is 4.98 Å². The van der Waals surface area contributed by atoms with Crippen molar-refractivity contribution in [2.75, 3.05) is 36.9 Å². The number of anilines is 4. The zero-order valence-corrected chi connectivity index (χ0v) is 17.8. The molecule has 0 radical (unpaired) electrons. The number of likely N-dealkylation sites (tertiary alicyclic amines) is 1. The Morgan fingerprint density at radius 2 is 1.80 bits per heavy atom. The first kappa shape index (κ1) is 20.4. The van der Waals surface area contributed by atoms with Gasteiger partial charge in [-0.3, -0.25) is 4.90 Å². The molecule has 4 rings (SSSR count). The van der Waals surface area contributed by atoms with Crippen LogP contribution in [0.5, 0.6) is 5.75 Å². The Bertz CT molecular complexity index is 974. The second-order valence-corrected chi connectivity index (χ2v) is 7.78. The number of nitrogens with zero attached hydrogens (tertiary/aromatic N) is 3. The maximum absolute atomic E-state index is 6.25. The third-order valence-corrected chi connectivity index (χ3v) is 5.41. The summed E-state index contributed by atoms with van der Waals surface area (Å²) in [6.07, 6.45) is 4.39. The van der Waals surface area contributed by atoms with E-state index in [9.17, 15) is 0 Å². The molecule has 0 spiro atoms. The van der Waals surface area contributed by atoms with Crippen LogP contribution in [-0.4, -0.2) is 41.1 Å². The second kappa shape index (κ2) is 9.78. The quantitative estimate of drug-likeness (QED) is 0.505. The minimum atomic E-state index is 0.512. The van der Waals surface area contributed by atoms with Crippen LogP contribution in [0.3, 0.4) is 0 Å². The Kier molecular flexibility index (Phi) is 6.67. The molecule has 0 bridgehead atoms. The number of para-hydroxylation sites is 1. The Morgan fingerprint density at radius 1 is 1.03 bits per heavy atom. The summed E-state index contributed by atoms with van der Waals surface area (Å²) >= 11 is 6.25. The molecule has 0 amide bonds. The van der Waals surface area contributed by atoms with Crippen molar-refractivity contribution in [2.24, 2.45) is 0 Å². The zero-order chi connectivity index (χ0) is 20.8. The van der Waals surface area contributed by atoms with E-state index in [4.69, 9.17) is 16.3 Å². The van der Waals surface area contributed by atoms with Gasteiger partial charge >= 0.3 is 0 Å². The Labute approximate surface area is 182 Å². The lowest BCUT2D eigenvalue weighted by molar-refractivity contribution is 0.238. The molecule has 30 heavy (non-hydrogen) atoms. The number of rotatable bonds is 8. The molecule has 2 heterocycles. The van der Waals surface area contributed by atoms with Crippen LogP contribution in [0.1, 0.15) is 18.4 Å². The summed E-state index contributed by atoms with van der Waals surface area (Å²) in [6, 6.07) is 15.4. The number of hydrogen-bond donors (Lipinski definition) is 2. The van der Waals surface area contributed by atoms with Crippen LogP contribution < -0.4 is 15.4 Å². The van der Waals surface area contributed by atoms with Gasteiger partial charge in [0.15, 0.2) is 0 Å². The molecule has 3 aromatic rings. The molecule has 156 valence electrons. The lowest BCUT2D eigenvalue weighted by Gasteiger charge is -2.15. The molecule has 0 aliphatic carbocycles. The van der Waals surface area contributed by atoms with E-state index in [2.05, 4.69) is 25.5 Å². The van der Waals surface area contributed by atoms with E-state index >= 15 is 0 Å². The Hall–Kier alpha value is -2.83. The molecule has 2 N–H and O–H groups in total. The van der Waals surface area contributed by atoms with E-state index in [1.165, 1.54) is 25.9 Å². The van der Waals surface area contributed by atoms with Gasteiger partial charge in [0, 0.05) is 24.0 Å². The predicted octanol–water partition coefficient (Wildman–Crippen LogP) is 5.40. The van der Waals surface area contributed by atoms with Crippen molar-refractivity contribution in [1.82, 2.24) is 14.9 Å². The lowest BCUT2D eigenvalue weighted by atomic mass is 10.3. The molecule has 0 saturated carbocycles. The van der Waals surface area contributed by atoms with Gasteiger partial charge in [0.1, 0.15) is 18.2 Å². The first-order chi connectivity index (χ1) is 14.7. The Morgan fingerprint density at radius 3 is 2.57 bits per heavy atom. The summed E-state index contributed by atoms with van der Waals surface area (Å²) in [6.45, 7) is 6.03. The van der Waals surface area contributed by atoms with Crippen molar-refractivity contribution in [3.05, 3.63) is 65.3 Å². The normalized spacial score (nSPS) is 13.9. The van der Waals surface area contributed by atoms with Crippen LogP contribution in [0.2, 0.25) is 5.02 Å². The van der Waals surface area contributed by atoms with Gasteiger partial charge < -0.3 is 15.4 Å². The van der Waals surface area contributed by atoms with Gasteiger partial charge in [0.25, 0.3) is 0 Å². The van der Waals surface area contributed by atoms with Crippen LogP contribution >= 0.6 is 11.6 Å². The molecule has 6 nitrogen and oxygen atoms in total. The first-order valence-electron chi connectivity index (χ1n) is 10.2. The van der Waals surface area contributed by atoms with E-state index in [0.29, 0.717) is 23.4 Å². The third-order valence-electron chi connectivity index (χ3n) is 5.08. The SMILES string of the molecule is Cc1cnc(Nc2ccc(OCCN3CCCC3)cc2)nc1Nc1ccccc1Cl. The maximum Gasteiger partial charge on any atom is 0.229 e.